The zero-order valence-corrected chi connectivity index (χ0v) is 7.40. The Hall–Kier alpha value is -0.147. The van der Waals surface area contributed by atoms with E-state index in [2.05, 4.69) is 0 Å². The SMILES string of the molecule is CC(=O)[O-].[NH4+].[O]=[Zn]. The number of aliphatic carboxylic acids is 1. The van der Waals surface area contributed by atoms with E-state index in [-0.39, 0.29) is 24.4 Å². The zero-order chi connectivity index (χ0) is 5.58. The predicted molar refractivity (Wildman–Crippen MR) is 17.4 cm³/mol. The predicted octanol–water partition coefficient (Wildman–Crippen LogP) is -0.989. The fraction of sp³-hybridized carbons (Fsp3) is 0.500. The summed E-state index contributed by atoms with van der Waals surface area (Å²) in [6.45, 7) is 0.972. The molecule has 0 saturated carbocycles. The standard InChI is InChI=1S/C2H4O2.H3N.O.Zn/c1-2(3)4;;;/h1H3,(H,3,4);1H3;;. The van der Waals surface area contributed by atoms with Gasteiger partial charge in [0.2, 0.25) is 0 Å². The van der Waals surface area contributed by atoms with Crippen molar-refractivity contribution in [3.8, 4) is 0 Å². The molecule has 5 heteroatoms. The minimum atomic E-state index is -1.08. The number of carboxylic acids is 1. The first-order chi connectivity index (χ1) is 2.73. The number of hydrogen-bond acceptors (Lipinski definition) is 3. The minimum absolute atomic E-state index is 0. The molecule has 0 bridgehead atoms. The van der Waals surface area contributed by atoms with Crippen LogP contribution in [0.2, 0.25) is 0 Å². The molecule has 0 aliphatic heterocycles. The number of carbonyl (C=O) groups excluding carboxylic acids is 1. The van der Waals surface area contributed by atoms with Crippen molar-refractivity contribution in [2.45, 2.75) is 6.92 Å². The average Bonchev–Trinajstić information content (AvgIpc) is 1.41. The van der Waals surface area contributed by atoms with Gasteiger partial charge in [0.1, 0.15) is 0 Å². The van der Waals surface area contributed by atoms with Crippen LogP contribution in [-0.2, 0) is 26.6 Å². The van der Waals surface area contributed by atoms with Gasteiger partial charge in [0.25, 0.3) is 0 Å². The summed E-state index contributed by atoms with van der Waals surface area (Å²) < 4.78 is 8.38. The van der Waals surface area contributed by atoms with Crippen LogP contribution in [0.15, 0.2) is 0 Å². The zero-order valence-electron chi connectivity index (χ0n) is 4.43. The first-order valence-corrected chi connectivity index (χ1v) is 2.41. The van der Waals surface area contributed by atoms with Crippen molar-refractivity contribution in [2.24, 2.45) is 0 Å². The second kappa shape index (κ2) is 16.9. The van der Waals surface area contributed by atoms with Gasteiger partial charge in [0.15, 0.2) is 0 Å². The summed E-state index contributed by atoms with van der Waals surface area (Å²) in [5, 5.41) is 8.89. The Kier molecular flexibility index (Phi) is 38.3. The Labute approximate surface area is 51.4 Å². The van der Waals surface area contributed by atoms with Crippen LogP contribution in [0.4, 0.5) is 0 Å². The number of rotatable bonds is 0. The van der Waals surface area contributed by atoms with Crippen LogP contribution in [0.1, 0.15) is 6.92 Å². The molecule has 0 atom stereocenters. The fourth-order valence-electron chi connectivity index (χ4n) is 0. The molecule has 0 heterocycles. The van der Waals surface area contributed by atoms with E-state index in [1.165, 1.54) is 0 Å². The molecule has 7 heavy (non-hydrogen) atoms. The van der Waals surface area contributed by atoms with E-state index in [1.54, 1.807) is 0 Å². The molecule has 0 aromatic rings. The van der Waals surface area contributed by atoms with Crippen molar-refractivity contribution >= 4 is 5.97 Å². The van der Waals surface area contributed by atoms with Crippen LogP contribution < -0.4 is 11.3 Å². The van der Waals surface area contributed by atoms with Crippen molar-refractivity contribution in [2.75, 3.05) is 0 Å². The van der Waals surface area contributed by atoms with Crippen LogP contribution in [0.25, 0.3) is 0 Å². The summed E-state index contributed by atoms with van der Waals surface area (Å²) in [6, 6.07) is 0. The molecule has 0 aromatic heterocycles. The average molecular weight is 158 g/mol. The summed E-state index contributed by atoms with van der Waals surface area (Å²) >= 11 is 0.125. The van der Waals surface area contributed by atoms with Crippen molar-refractivity contribution in [3.05, 3.63) is 0 Å². The van der Waals surface area contributed by atoms with E-state index in [4.69, 9.17) is 13.5 Å². The third kappa shape index (κ3) is 4040. The first-order valence-electron chi connectivity index (χ1n) is 1.20. The van der Waals surface area contributed by atoms with E-state index < -0.39 is 5.97 Å². The van der Waals surface area contributed by atoms with Gasteiger partial charge >= 0.3 is 21.8 Å². The first kappa shape index (κ1) is 15.8. The molecule has 0 fully saturated rings. The third-order valence-electron chi connectivity index (χ3n) is 0. The Balaban J connectivity index is -0.0000000480. The van der Waals surface area contributed by atoms with E-state index >= 15 is 0 Å². The number of quaternary nitrogens is 1. The molecule has 0 spiro atoms. The molecule has 40 valence electrons. The second-order valence-corrected chi connectivity index (χ2v) is 0.492. The monoisotopic (exact) mass is 157 g/mol. The quantitative estimate of drug-likeness (QED) is 0.459. The van der Waals surface area contributed by atoms with Gasteiger partial charge in [-0.2, -0.15) is 0 Å². The third-order valence-corrected chi connectivity index (χ3v) is 0. The summed E-state index contributed by atoms with van der Waals surface area (Å²) in [7, 11) is 0. The Morgan fingerprint density at radius 3 is 1.57 bits per heavy atom. The number of carboxylic acid groups (broad SMARTS) is 1. The van der Waals surface area contributed by atoms with Crippen molar-refractivity contribution < 1.29 is 31.7 Å². The molecular weight excluding hydrogens is 151 g/mol. The number of hydrogen-bond donors (Lipinski definition) is 1. The molecule has 0 aliphatic carbocycles. The van der Waals surface area contributed by atoms with E-state index in [0.29, 0.717) is 0 Å². The van der Waals surface area contributed by atoms with Crippen LogP contribution in [0.5, 0.6) is 0 Å². The van der Waals surface area contributed by atoms with E-state index in [1.807, 2.05) is 0 Å². The van der Waals surface area contributed by atoms with Gasteiger partial charge in [-0.15, -0.1) is 0 Å². The Bertz CT molecular complexity index is 44.2. The van der Waals surface area contributed by atoms with Gasteiger partial charge in [0.05, 0.1) is 0 Å². The van der Waals surface area contributed by atoms with E-state index in [0.717, 1.165) is 6.92 Å². The van der Waals surface area contributed by atoms with Crippen LogP contribution in [0.3, 0.4) is 0 Å². The Morgan fingerprint density at radius 2 is 1.57 bits per heavy atom. The summed E-state index contributed by atoms with van der Waals surface area (Å²) in [6.07, 6.45) is 0. The molecule has 0 amide bonds. The molecule has 0 aliphatic rings. The molecule has 0 aromatic carbocycles. The number of carbonyl (C=O) groups is 1. The molecule has 4 N–H and O–H groups in total. The van der Waals surface area contributed by atoms with Gasteiger partial charge in [-0.3, -0.25) is 0 Å². The van der Waals surface area contributed by atoms with Gasteiger partial charge in [-0.05, 0) is 6.92 Å². The summed E-state index contributed by atoms with van der Waals surface area (Å²) in [5.74, 6) is -1.08. The van der Waals surface area contributed by atoms with E-state index in [9.17, 15) is 0 Å². The van der Waals surface area contributed by atoms with Crippen molar-refractivity contribution in [3.63, 3.8) is 0 Å². The van der Waals surface area contributed by atoms with Crippen LogP contribution in [0, 0.1) is 0 Å². The second-order valence-electron chi connectivity index (χ2n) is 0.492. The topological polar surface area (TPSA) is 93.7 Å². The maximum absolute atomic E-state index is 8.89. The molecule has 0 saturated heterocycles. The molecule has 0 unspecified atom stereocenters. The molecule has 0 rings (SSSR count). The van der Waals surface area contributed by atoms with Crippen LogP contribution in [-0.4, -0.2) is 5.97 Å². The van der Waals surface area contributed by atoms with Gasteiger partial charge in [-0.25, -0.2) is 0 Å². The van der Waals surface area contributed by atoms with Crippen molar-refractivity contribution in [1.29, 1.82) is 0 Å². The summed E-state index contributed by atoms with van der Waals surface area (Å²) in [4.78, 5) is 8.89. The van der Waals surface area contributed by atoms with Gasteiger partial charge in [0, 0.05) is 5.97 Å². The van der Waals surface area contributed by atoms with Crippen molar-refractivity contribution in [1.82, 2.24) is 6.15 Å². The maximum atomic E-state index is 8.89. The molecule has 4 nitrogen and oxygen atoms in total. The normalized spacial score (nSPS) is 4.43. The van der Waals surface area contributed by atoms with Gasteiger partial charge in [-0.1, -0.05) is 0 Å². The fourth-order valence-corrected chi connectivity index (χ4v) is 0. The summed E-state index contributed by atoms with van der Waals surface area (Å²) in [5.41, 5.74) is 0. The molecule has 0 radical (unpaired) electrons. The molecular formula is C2H7NO3Zn. The van der Waals surface area contributed by atoms with Crippen LogP contribution >= 0.6 is 0 Å². The Morgan fingerprint density at radius 1 is 1.57 bits per heavy atom. The van der Waals surface area contributed by atoms with Gasteiger partial charge < -0.3 is 16.1 Å².